The van der Waals surface area contributed by atoms with Gasteiger partial charge in [-0.15, -0.1) is 11.3 Å². The highest BCUT2D eigenvalue weighted by molar-refractivity contribution is 7.18. The molecule has 2 nitrogen and oxygen atoms in total. The van der Waals surface area contributed by atoms with Crippen LogP contribution in [0, 0.1) is 6.92 Å². The molecule has 0 saturated heterocycles. The lowest BCUT2D eigenvalue weighted by Gasteiger charge is -1.87. The summed E-state index contributed by atoms with van der Waals surface area (Å²) >= 11 is 1.60. The summed E-state index contributed by atoms with van der Waals surface area (Å²) in [6.07, 6.45) is 0. The van der Waals surface area contributed by atoms with Crippen LogP contribution in [0.25, 0.3) is 10.2 Å². The van der Waals surface area contributed by atoms with Crippen molar-refractivity contribution in [2.75, 3.05) is 0 Å². The first kappa shape index (κ1) is 9.99. The number of nitrogens with zero attached hydrogens (tertiary/aromatic N) is 1. The van der Waals surface area contributed by atoms with Gasteiger partial charge in [-0.3, -0.25) is 0 Å². The number of rotatable bonds is 0. The molecule has 1 aromatic carbocycles. The van der Waals surface area contributed by atoms with Crippen LogP contribution >= 0.6 is 11.3 Å². The number of thiazole rings is 1. The fourth-order valence-corrected chi connectivity index (χ4v) is 1.89. The van der Waals surface area contributed by atoms with E-state index in [2.05, 4.69) is 4.98 Å². The van der Waals surface area contributed by atoms with Crippen molar-refractivity contribution in [2.45, 2.75) is 20.8 Å². The van der Waals surface area contributed by atoms with E-state index in [-0.39, 0.29) is 0 Å². The van der Waals surface area contributed by atoms with Crippen LogP contribution in [0.4, 0.5) is 0 Å². The standard InChI is InChI=1S/C8H7NOS.C2H6/c1-5-9-7-3-2-6(10)4-8(7)11-5;1-2/h2-4,10H,1H3;1-2H3. The first-order chi connectivity index (χ1) is 6.25. The van der Waals surface area contributed by atoms with E-state index in [4.69, 9.17) is 5.11 Å². The molecule has 0 aliphatic heterocycles. The zero-order valence-electron chi connectivity index (χ0n) is 8.03. The van der Waals surface area contributed by atoms with Gasteiger partial charge < -0.3 is 5.11 Å². The molecule has 1 aromatic heterocycles. The normalized spacial score (nSPS) is 9.46. The third kappa shape index (κ3) is 2.18. The average Bonchev–Trinajstić information content (AvgIpc) is 2.48. The first-order valence-corrected chi connectivity index (χ1v) is 5.13. The second-order valence-electron chi connectivity index (χ2n) is 2.38. The maximum absolute atomic E-state index is 9.12. The minimum absolute atomic E-state index is 0.307. The Morgan fingerprint density at radius 3 is 2.69 bits per heavy atom. The molecule has 0 amide bonds. The lowest BCUT2D eigenvalue weighted by molar-refractivity contribution is 0.476. The molecule has 70 valence electrons. The molecule has 1 N–H and O–H groups in total. The Balaban J connectivity index is 0.000000396. The Morgan fingerprint density at radius 2 is 2.00 bits per heavy atom. The summed E-state index contributed by atoms with van der Waals surface area (Å²) in [6.45, 7) is 5.96. The highest BCUT2D eigenvalue weighted by Gasteiger charge is 1.99. The Bertz CT molecular complexity index is 395. The monoisotopic (exact) mass is 195 g/mol. The SMILES string of the molecule is CC.Cc1nc2ccc(O)cc2s1. The first-order valence-electron chi connectivity index (χ1n) is 4.32. The summed E-state index contributed by atoms with van der Waals surface area (Å²) in [7, 11) is 0. The van der Waals surface area contributed by atoms with E-state index in [0.717, 1.165) is 15.2 Å². The molecule has 13 heavy (non-hydrogen) atoms. The van der Waals surface area contributed by atoms with Gasteiger partial charge in [0.25, 0.3) is 0 Å². The van der Waals surface area contributed by atoms with E-state index >= 15 is 0 Å². The van der Waals surface area contributed by atoms with Crippen molar-refractivity contribution in [3.05, 3.63) is 23.2 Å². The minimum atomic E-state index is 0.307. The number of aryl methyl sites for hydroxylation is 1. The van der Waals surface area contributed by atoms with Gasteiger partial charge in [0.2, 0.25) is 0 Å². The van der Waals surface area contributed by atoms with Crippen LogP contribution in [0.15, 0.2) is 18.2 Å². The lowest BCUT2D eigenvalue weighted by Crippen LogP contribution is -1.67. The van der Waals surface area contributed by atoms with E-state index in [1.807, 2.05) is 26.8 Å². The number of benzene rings is 1. The summed E-state index contributed by atoms with van der Waals surface area (Å²) in [4.78, 5) is 4.26. The largest absolute Gasteiger partial charge is 0.508 e. The van der Waals surface area contributed by atoms with E-state index in [1.165, 1.54) is 0 Å². The summed E-state index contributed by atoms with van der Waals surface area (Å²) in [6, 6.07) is 5.22. The predicted molar refractivity (Wildman–Crippen MR) is 57.4 cm³/mol. The molecular formula is C10H13NOS. The molecule has 3 heteroatoms. The number of hydrogen-bond donors (Lipinski definition) is 1. The molecule has 2 rings (SSSR count). The van der Waals surface area contributed by atoms with Crippen molar-refractivity contribution >= 4 is 21.6 Å². The van der Waals surface area contributed by atoms with Gasteiger partial charge in [0.05, 0.1) is 15.2 Å². The van der Waals surface area contributed by atoms with E-state index < -0.39 is 0 Å². The quantitative estimate of drug-likeness (QED) is 0.699. The molecule has 0 atom stereocenters. The third-order valence-corrected chi connectivity index (χ3v) is 2.41. The lowest BCUT2D eigenvalue weighted by atomic mass is 10.3. The van der Waals surface area contributed by atoms with Gasteiger partial charge in [-0.1, -0.05) is 13.8 Å². The fraction of sp³-hybridized carbons (Fsp3) is 0.300. The van der Waals surface area contributed by atoms with Crippen LogP contribution in [0.3, 0.4) is 0 Å². The molecule has 0 radical (unpaired) electrons. The van der Waals surface area contributed by atoms with Crippen molar-refractivity contribution in [3.8, 4) is 5.75 Å². The molecule has 2 aromatic rings. The number of aromatic hydroxyl groups is 1. The number of phenols is 1. The van der Waals surface area contributed by atoms with Crippen LogP contribution in [0.5, 0.6) is 5.75 Å². The van der Waals surface area contributed by atoms with Gasteiger partial charge in [0.15, 0.2) is 0 Å². The maximum Gasteiger partial charge on any atom is 0.117 e. The van der Waals surface area contributed by atoms with Crippen molar-refractivity contribution in [3.63, 3.8) is 0 Å². The van der Waals surface area contributed by atoms with E-state index in [9.17, 15) is 0 Å². The Kier molecular flexibility index (Phi) is 3.25. The molecule has 0 aliphatic carbocycles. The van der Waals surface area contributed by atoms with Crippen molar-refractivity contribution in [1.29, 1.82) is 0 Å². The second kappa shape index (κ2) is 4.23. The van der Waals surface area contributed by atoms with Crippen molar-refractivity contribution < 1.29 is 5.11 Å². The third-order valence-electron chi connectivity index (χ3n) is 1.48. The van der Waals surface area contributed by atoms with Gasteiger partial charge in [-0.05, 0) is 25.1 Å². The second-order valence-corrected chi connectivity index (χ2v) is 3.62. The molecule has 0 unspecified atom stereocenters. The Morgan fingerprint density at radius 1 is 1.31 bits per heavy atom. The van der Waals surface area contributed by atoms with Crippen LogP contribution < -0.4 is 0 Å². The summed E-state index contributed by atoms with van der Waals surface area (Å²) in [5.41, 5.74) is 0.963. The number of phenolic OH excluding ortho intramolecular Hbond substituents is 1. The summed E-state index contributed by atoms with van der Waals surface area (Å²) in [5.74, 6) is 0.307. The van der Waals surface area contributed by atoms with Crippen LogP contribution in [-0.4, -0.2) is 10.1 Å². The van der Waals surface area contributed by atoms with E-state index in [1.54, 1.807) is 23.5 Å². The molecule has 0 aliphatic rings. The number of aromatic nitrogens is 1. The summed E-state index contributed by atoms with van der Waals surface area (Å²) < 4.78 is 1.04. The van der Waals surface area contributed by atoms with Gasteiger partial charge >= 0.3 is 0 Å². The average molecular weight is 195 g/mol. The van der Waals surface area contributed by atoms with Crippen LogP contribution in [-0.2, 0) is 0 Å². The predicted octanol–water partition coefficient (Wildman–Crippen LogP) is 3.34. The van der Waals surface area contributed by atoms with Crippen molar-refractivity contribution in [1.82, 2.24) is 4.98 Å². The smallest absolute Gasteiger partial charge is 0.117 e. The number of hydrogen-bond acceptors (Lipinski definition) is 3. The fourth-order valence-electron chi connectivity index (χ4n) is 1.03. The van der Waals surface area contributed by atoms with Crippen LogP contribution in [0.2, 0.25) is 0 Å². The van der Waals surface area contributed by atoms with Gasteiger partial charge in [-0.25, -0.2) is 4.98 Å². The molecule has 0 fully saturated rings. The Hall–Kier alpha value is -1.09. The van der Waals surface area contributed by atoms with Gasteiger partial charge in [0.1, 0.15) is 5.75 Å². The molecule has 0 saturated carbocycles. The van der Waals surface area contributed by atoms with E-state index in [0.29, 0.717) is 5.75 Å². The maximum atomic E-state index is 9.12. The highest BCUT2D eigenvalue weighted by atomic mass is 32.1. The summed E-state index contributed by atoms with van der Waals surface area (Å²) in [5, 5.41) is 10.2. The zero-order valence-corrected chi connectivity index (χ0v) is 8.85. The topological polar surface area (TPSA) is 33.1 Å². The van der Waals surface area contributed by atoms with Gasteiger partial charge in [0, 0.05) is 0 Å². The van der Waals surface area contributed by atoms with Crippen LogP contribution in [0.1, 0.15) is 18.9 Å². The highest BCUT2D eigenvalue weighted by Crippen LogP contribution is 2.24. The zero-order chi connectivity index (χ0) is 9.84. The van der Waals surface area contributed by atoms with Crippen molar-refractivity contribution in [2.24, 2.45) is 0 Å². The number of fused-ring (bicyclic) bond motifs is 1. The molecule has 0 bridgehead atoms. The minimum Gasteiger partial charge on any atom is -0.508 e. The Labute approximate surface area is 81.9 Å². The molecule has 0 spiro atoms. The van der Waals surface area contributed by atoms with Gasteiger partial charge in [-0.2, -0.15) is 0 Å². The molecule has 1 heterocycles. The molecular weight excluding hydrogens is 182 g/mol.